The molecule has 0 radical (unpaired) electrons. The number of aromatic nitrogens is 1. The van der Waals surface area contributed by atoms with Crippen LogP contribution in [0.15, 0.2) is 65.7 Å². The first-order valence-corrected chi connectivity index (χ1v) is 8.57. The maximum atomic E-state index is 12.8. The van der Waals surface area contributed by atoms with Gasteiger partial charge in [0.1, 0.15) is 0 Å². The van der Waals surface area contributed by atoms with Gasteiger partial charge < -0.3 is 4.74 Å². The molecule has 0 aliphatic rings. The van der Waals surface area contributed by atoms with E-state index in [9.17, 15) is 13.2 Å². The van der Waals surface area contributed by atoms with Crippen molar-refractivity contribution in [3.8, 4) is 0 Å². The fourth-order valence-electron chi connectivity index (χ4n) is 2.36. The molecule has 118 valence electrons. The largest absolute Gasteiger partial charge is 0.462 e. The molecule has 5 nitrogen and oxygen atoms in total. The summed E-state index contributed by atoms with van der Waals surface area (Å²) in [6.45, 7) is 1.99. The van der Waals surface area contributed by atoms with Gasteiger partial charge in [0.15, 0.2) is 0 Å². The second-order valence-corrected chi connectivity index (χ2v) is 6.74. The molecule has 0 bridgehead atoms. The van der Waals surface area contributed by atoms with E-state index >= 15 is 0 Å². The molecular weight excluding hydrogens is 314 g/mol. The smallest absolute Gasteiger partial charge is 0.338 e. The van der Waals surface area contributed by atoms with Gasteiger partial charge in [0.05, 0.1) is 22.6 Å². The molecule has 6 heteroatoms. The van der Waals surface area contributed by atoms with Crippen molar-refractivity contribution in [3.63, 3.8) is 0 Å². The monoisotopic (exact) mass is 329 g/mol. The molecule has 0 aliphatic heterocycles. The van der Waals surface area contributed by atoms with Crippen molar-refractivity contribution in [3.05, 3.63) is 66.4 Å². The third kappa shape index (κ3) is 2.73. The van der Waals surface area contributed by atoms with Crippen LogP contribution in [0.1, 0.15) is 17.3 Å². The Labute approximate surface area is 134 Å². The lowest BCUT2D eigenvalue weighted by Crippen LogP contribution is -2.12. The Balaban J connectivity index is 2.15. The van der Waals surface area contributed by atoms with Gasteiger partial charge in [-0.2, -0.15) is 0 Å². The molecule has 0 saturated carbocycles. The number of nitrogens with zero attached hydrogens (tertiary/aromatic N) is 1. The maximum Gasteiger partial charge on any atom is 0.338 e. The molecule has 0 saturated heterocycles. The lowest BCUT2D eigenvalue weighted by Gasteiger charge is -2.08. The van der Waals surface area contributed by atoms with Gasteiger partial charge in [0, 0.05) is 11.6 Å². The fraction of sp³-hybridized carbons (Fsp3) is 0.118. The first-order chi connectivity index (χ1) is 11.0. The number of hydrogen-bond donors (Lipinski definition) is 0. The predicted molar refractivity (Wildman–Crippen MR) is 86.9 cm³/mol. The van der Waals surface area contributed by atoms with Gasteiger partial charge in [0.25, 0.3) is 10.0 Å². The molecule has 3 rings (SSSR count). The summed E-state index contributed by atoms with van der Waals surface area (Å²) in [5.74, 6) is -0.473. The number of rotatable bonds is 4. The number of carbonyl (C=O) groups excluding carboxylic acids is 1. The lowest BCUT2D eigenvalue weighted by molar-refractivity contribution is 0.0526. The van der Waals surface area contributed by atoms with Crippen LogP contribution < -0.4 is 0 Å². The third-order valence-electron chi connectivity index (χ3n) is 3.47. The summed E-state index contributed by atoms with van der Waals surface area (Å²) in [7, 11) is -3.71. The summed E-state index contributed by atoms with van der Waals surface area (Å²) in [4.78, 5) is 12.1. The van der Waals surface area contributed by atoms with E-state index in [2.05, 4.69) is 0 Å². The van der Waals surface area contributed by atoms with Gasteiger partial charge in [-0.1, -0.05) is 24.3 Å². The van der Waals surface area contributed by atoms with Crippen LogP contribution in [0.25, 0.3) is 10.9 Å². The average Bonchev–Trinajstić information content (AvgIpc) is 2.99. The maximum absolute atomic E-state index is 12.8. The Bertz CT molecular complexity index is 959. The van der Waals surface area contributed by atoms with Crippen molar-refractivity contribution < 1.29 is 17.9 Å². The van der Waals surface area contributed by atoms with Crippen molar-refractivity contribution in [2.75, 3.05) is 6.61 Å². The van der Waals surface area contributed by atoms with Crippen LogP contribution in [0, 0.1) is 0 Å². The van der Waals surface area contributed by atoms with Gasteiger partial charge >= 0.3 is 5.97 Å². The molecule has 0 N–H and O–H groups in total. The Kier molecular flexibility index (Phi) is 3.92. The van der Waals surface area contributed by atoms with Gasteiger partial charge in [-0.3, -0.25) is 0 Å². The predicted octanol–water partition coefficient (Wildman–Crippen LogP) is 3.06. The van der Waals surface area contributed by atoms with E-state index < -0.39 is 16.0 Å². The number of esters is 1. The van der Waals surface area contributed by atoms with Crippen molar-refractivity contribution in [1.29, 1.82) is 0 Å². The van der Waals surface area contributed by atoms with E-state index in [4.69, 9.17) is 4.74 Å². The second-order valence-electron chi connectivity index (χ2n) is 4.92. The van der Waals surface area contributed by atoms with Crippen molar-refractivity contribution in [2.24, 2.45) is 0 Å². The minimum absolute atomic E-state index is 0.194. The Morgan fingerprint density at radius 3 is 2.52 bits per heavy atom. The zero-order valence-electron chi connectivity index (χ0n) is 12.5. The molecular formula is C17H15NO4S. The Morgan fingerprint density at radius 2 is 1.83 bits per heavy atom. The minimum Gasteiger partial charge on any atom is -0.462 e. The van der Waals surface area contributed by atoms with Crippen LogP contribution in [0.5, 0.6) is 0 Å². The van der Waals surface area contributed by atoms with E-state index in [1.165, 1.54) is 28.4 Å². The lowest BCUT2D eigenvalue weighted by atomic mass is 10.2. The average molecular weight is 329 g/mol. The SMILES string of the molecule is CCOC(=O)c1ccc2ccn(S(=O)(=O)c3ccccc3)c2c1. The van der Waals surface area contributed by atoms with E-state index in [0.717, 1.165) is 5.39 Å². The summed E-state index contributed by atoms with van der Waals surface area (Å²) < 4.78 is 31.7. The van der Waals surface area contributed by atoms with Crippen LogP contribution in [0.2, 0.25) is 0 Å². The van der Waals surface area contributed by atoms with Gasteiger partial charge in [-0.05, 0) is 37.3 Å². The molecule has 0 amide bonds. The Morgan fingerprint density at radius 1 is 1.09 bits per heavy atom. The first-order valence-electron chi connectivity index (χ1n) is 7.13. The number of carbonyl (C=O) groups is 1. The highest BCUT2D eigenvalue weighted by Crippen LogP contribution is 2.23. The van der Waals surface area contributed by atoms with Crippen molar-refractivity contribution in [2.45, 2.75) is 11.8 Å². The summed E-state index contributed by atoms with van der Waals surface area (Å²) >= 11 is 0. The van der Waals surface area contributed by atoms with Crippen molar-refractivity contribution >= 4 is 26.9 Å². The minimum atomic E-state index is -3.71. The Hall–Kier alpha value is -2.60. The van der Waals surface area contributed by atoms with Crippen LogP contribution in [-0.4, -0.2) is 25.0 Å². The van der Waals surface area contributed by atoms with Gasteiger partial charge in [-0.25, -0.2) is 17.2 Å². The topological polar surface area (TPSA) is 65.4 Å². The van der Waals surface area contributed by atoms with Crippen LogP contribution >= 0.6 is 0 Å². The molecule has 1 heterocycles. The molecule has 0 atom stereocenters. The summed E-state index contributed by atoms with van der Waals surface area (Å²) in [6.07, 6.45) is 1.49. The normalized spacial score (nSPS) is 11.5. The molecule has 0 unspecified atom stereocenters. The van der Waals surface area contributed by atoms with E-state index in [1.54, 1.807) is 43.3 Å². The van der Waals surface area contributed by atoms with Crippen LogP contribution in [0.3, 0.4) is 0 Å². The van der Waals surface area contributed by atoms with E-state index in [0.29, 0.717) is 11.1 Å². The first kappa shape index (κ1) is 15.3. The van der Waals surface area contributed by atoms with E-state index in [-0.39, 0.29) is 11.5 Å². The highest BCUT2D eigenvalue weighted by Gasteiger charge is 2.19. The number of fused-ring (bicyclic) bond motifs is 1. The highest BCUT2D eigenvalue weighted by molar-refractivity contribution is 7.90. The molecule has 0 aliphatic carbocycles. The zero-order valence-corrected chi connectivity index (χ0v) is 13.3. The number of ether oxygens (including phenoxy) is 1. The molecule has 0 spiro atoms. The quantitative estimate of drug-likeness (QED) is 0.690. The summed E-state index contributed by atoms with van der Waals surface area (Å²) in [6, 6.07) is 14.7. The molecule has 3 aromatic rings. The third-order valence-corrected chi connectivity index (χ3v) is 5.17. The van der Waals surface area contributed by atoms with Crippen molar-refractivity contribution in [1.82, 2.24) is 3.97 Å². The number of hydrogen-bond acceptors (Lipinski definition) is 4. The molecule has 1 aromatic heterocycles. The number of benzene rings is 2. The summed E-state index contributed by atoms with van der Waals surface area (Å²) in [5, 5.41) is 0.734. The van der Waals surface area contributed by atoms with Crippen LogP contribution in [0.4, 0.5) is 0 Å². The highest BCUT2D eigenvalue weighted by atomic mass is 32.2. The standard InChI is InChI=1S/C17H15NO4S/c1-2-22-17(19)14-9-8-13-10-11-18(16(13)12-14)23(20,21)15-6-4-3-5-7-15/h3-12H,2H2,1H3. The summed E-state index contributed by atoms with van der Waals surface area (Å²) in [5.41, 5.74) is 0.766. The zero-order chi connectivity index (χ0) is 16.4. The molecule has 0 fully saturated rings. The van der Waals surface area contributed by atoms with Crippen LogP contribution in [-0.2, 0) is 14.8 Å². The second kappa shape index (κ2) is 5.89. The van der Waals surface area contributed by atoms with Gasteiger partial charge in [0.2, 0.25) is 0 Å². The molecule has 23 heavy (non-hydrogen) atoms. The fourth-order valence-corrected chi connectivity index (χ4v) is 3.73. The van der Waals surface area contributed by atoms with E-state index in [1.807, 2.05) is 0 Å². The van der Waals surface area contributed by atoms with Gasteiger partial charge in [-0.15, -0.1) is 0 Å². The molecule has 2 aromatic carbocycles.